The Balaban J connectivity index is 1.83. The first-order valence-electron chi connectivity index (χ1n) is 6.66. The standard InChI is InChI=1S/C14H17N3O2/c1-2-3-6-16-9-11-8-12(13-5-4-7-19-13)15-17(11)10-14(16)18/h4-5,7-8H,2-3,6,9-10H2,1H3. The number of furan rings is 1. The normalized spacial score (nSPS) is 14.8. The average molecular weight is 259 g/mol. The van der Waals surface area contributed by atoms with E-state index < -0.39 is 0 Å². The second-order valence-corrected chi connectivity index (χ2v) is 4.82. The molecule has 0 N–H and O–H groups in total. The summed E-state index contributed by atoms with van der Waals surface area (Å²) in [5.41, 5.74) is 1.87. The molecule has 0 aliphatic carbocycles. The molecule has 0 fully saturated rings. The number of hydrogen-bond donors (Lipinski definition) is 0. The van der Waals surface area contributed by atoms with E-state index >= 15 is 0 Å². The third-order valence-electron chi connectivity index (χ3n) is 3.41. The monoisotopic (exact) mass is 259 g/mol. The lowest BCUT2D eigenvalue weighted by atomic mass is 10.2. The van der Waals surface area contributed by atoms with Gasteiger partial charge in [-0.1, -0.05) is 13.3 Å². The van der Waals surface area contributed by atoms with Gasteiger partial charge in [-0.2, -0.15) is 5.10 Å². The maximum atomic E-state index is 12.0. The molecule has 0 radical (unpaired) electrons. The Morgan fingerprint density at radius 1 is 1.42 bits per heavy atom. The van der Waals surface area contributed by atoms with E-state index in [0.29, 0.717) is 13.1 Å². The van der Waals surface area contributed by atoms with Crippen LogP contribution in [-0.2, 0) is 17.9 Å². The minimum Gasteiger partial charge on any atom is -0.463 e. The highest BCUT2D eigenvalue weighted by molar-refractivity contribution is 5.77. The van der Waals surface area contributed by atoms with Crippen LogP contribution in [0.5, 0.6) is 0 Å². The summed E-state index contributed by atoms with van der Waals surface area (Å²) in [6.45, 7) is 3.94. The number of carbonyl (C=O) groups is 1. The van der Waals surface area contributed by atoms with Gasteiger partial charge in [0.15, 0.2) is 5.76 Å². The summed E-state index contributed by atoms with van der Waals surface area (Å²) < 4.78 is 7.12. The van der Waals surface area contributed by atoms with E-state index in [4.69, 9.17) is 4.42 Å². The predicted octanol–water partition coefficient (Wildman–Crippen LogP) is 2.29. The first-order valence-corrected chi connectivity index (χ1v) is 6.66. The van der Waals surface area contributed by atoms with Gasteiger partial charge in [-0.05, 0) is 24.6 Å². The zero-order chi connectivity index (χ0) is 13.2. The molecule has 1 aliphatic heterocycles. The highest BCUT2D eigenvalue weighted by atomic mass is 16.3. The minimum absolute atomic E-state index is 0.148. The highest BCUT2D eigenvalue weighted by Gasteiger charge is 2.24. The van der Waals surface area contributed by atoms with Crippen molar-refractivity contribution in [3.63, 3.8) is 0 Å². The third kappa shape index (κ3) is 2.28. The number of nitrogens with zero attached hydrogens (tertiary/aromatic N) is 3. The largest absolute Gasteiger partial charge is 0.463 e. The second-order valence-electron chi connectivity index (χ2n) is 4.82. The van der Waals surface area contributed by atoms with Gasteiger partial charge < -0.3 is 9.32 Å². The first-order chi connectivity index (χ1) is 9.28. The Labute approximate surface area is 111 Å². The minimum atomic E-state index is 0.148. The number of unbranched alkanes of at least 4 members (excludes halogenated alkanes) is 1. The molecule has 1 aliphatic rings. The molecule has 0 unspecified atom stereocenters. The molecule has 19 heavy (non-hydrogen) atoms. The Kier molecular flexibility index (Phi) is 3.11. The smallest absolute Gasteiger partial charge is 0.244 e. The molecular formula is C14H17N3O2. The molecule has 0 atom stereocenters. The zero-order valence-electron chi connectivity index (χ0n) is 11.0. The van der Waals surface area contributed by atoms with Gasteiger partial charge in [-0.25, -0.2) is 0 Å². The molecule has 5 heteroatoms. The van der Waals surface area contributed by atoms with Crippen molar-refractivity contribution in [3.05, 3.63) is 30.2 Å². The van der Waals surface area contributed by atoms with Crippen LogP contribution in [0.1, 0.15) is 25.5 Å². The van der Waals surface area contributed by atoms with Crippen molar-refractivity contribution in [1.29, 1.82) is 0 Å². The van der Waals surface area contributed by atoms with Crippen LogP contribution < -0.4 is 0 Å². The van der Waals surface area contributed by atoms with Crippen molar-refractivity contribution >= 4 is 5.91 Å². The molecule has 3 heterocycles. The molecule has 0 bridgehead atoms. The van der Waals surface area contributed by atoms with Gasteiger partial charge in [0.2, 0.25) is 5.91 Å². The van der Waals surface area contributed by atoms with E-state index in [1.54, 1.807) is 10.9 Å². The quantitative estimate of drug-likeness (QED) is 0.846. The van der Waals surface area contributed by atoms with Gasteiger partial charge in [0.05, 0.1) is 18.5 Å². The maximum Gasteiger partial charge on any atom is 0.244 e. The van der Waals surface area contributed by atoms with Gasteiger partial charge in [-0.15, -0.1) is 0 Å². The predicted molar refractivity (Wildman–Crippen MR) is 70.3 cm³/mol. The van der Waals surface area contributed by atoms with Crippen LogP contribution in [0.4, 0.5) is 0 Å². The molecule has 0 saturated carbocycles. The van der Waals surface area contributed by atoms with E-state index in [1.807, 2.05) is 23.1 Å². The lowest BCUT2D eigenvalue weighted by Gasteiger charge is -2.27. The van der Waals surface area contributed by atoms with Crippen LogP contribution >= 0.6 is 0 Å². The Morgan fingerprint density at radius 3 is 3.05 bits per heavy atom. The molecule has 0 aromatic carbocycles. The van der Waals surface area contributed by atoms with Gasteiger partial charge in [0.1, 0.15) is 12.2 Å². The summed E-state index contributed by atoms with van der Waals surface area (Å²) in [5, 5.41) is 4.43. The van der Waals surface area contributed by atoms with E-state index in [2.05, 4.69) is 12.0 Å². The van der Waals surface area contributed by atoms with Gasteiger partial charge in [0, 0.05) is 6.54 Å². The zero-order valence-corrected chi connectivity index (χ0v) is 11.0. The van der Waals surface area contributed by atoms with Crippen LogP contribution in [0.15, 0.2) is 28.9 Å². The molecular weight excluding hydrogens is 242 g/mol. The summed E-state index contributed by atoms with van der Waals surface area (Å²) in [6, 6.07) is 5.72. The van der Waals surface area contributed by atoms with E-state index in [1.165, 1.54) is 0 Å². The van der Waals surface area contributed by atoms with Gasteiger partial charge >= 0.3 is 0 Å². The summed E-state index contributed by atoms with van der Waals surface area (Å²) in [5.74, 6) is 0.893. The van der Waals surface area contributed by atoms with Crippen LogP contribution in [0.3, 0.4) is 0 Å². The number of amides is 1. The Morgan fingerprint density at radius 2 is 2.32 bits per heavy atom. The van der Waals surface area contributed by atoms with Crippen molar-refractivity contribution < 1.29 is 9.21 Å². The average Bonchev–Trinajstić information content (AvgIpc) is 3.04. The van der Waals surface area contributed by atoms with E-state index in [9.17, 15) is 4.79 Å². The third-order valence-corrected chi connectivity index (χ3v) is 3.41. The number of rotatable bonds is 4. The van der Waals surface area contributed by atoms with Gasteiger partial charge in [0.25, 0.3) is 0 Å². The molecule has 2 aromatic heterocycles. The topological polar surface area (TPSA) is 51.3 Å². The fraction of sp³-hybridized carbons (Fsp3) is 0.429. The molecule has 0 spiro atoms. The summed E-state index contributed by atoms with van der Waals surface area (Å²) in [6.07, 6.45) is 3.78. The summed E-state index contributed by atoms with van der Waals surface area (Å²) in [4.78, 5) is 13.9. The SMILES string of the molecule is CCCCN1Cc2cc(-c3ccco3)nn2CC1=O. The Hall–Kier alpha value is -2.04. The van der Waals surface area contributed by atoms with Crippen molar-refractivity contribution in [2.45, 2.75) is 32.9 Å². The van der Waals surface area contributed by atoms with Crippen molar-refractivity contribution in [2.75, 3.05) is 6.54 Å². The summed E-state index contributed by atoms with van der Waals surface area (Å²) >= 11 is 0. The Bertz CT molecular complexity index is 572. The van der Waals surface area contributed by atoms with Crippen LogP contribution in [0.25, 0.3) is 11.5 Å². The molecule has 1 amide bonds. The highest BCUT2D eigenvalue weighted by Crippen LogP contribution is 2.22. The van der Waals surface area contributed by atoms with Crippen LogP contribution in [0, 0.1) is 0 Å². The lowest BCUT2D eigenvalue weighted by Crippen LogP contribution is -2.39. The number of hydrogen-bond acceptors (Lipinski definition) is 3. The van der Waals surface area contributed by atoms with Gasteiger partial charge in [-0.3, -0.25) is 9.48 Å². The fourth-order valence-corrected chi connectivity index (χ4v) is 2.33. The van der Waals surface area contributed by atoms with Crippen molar-refractivity contribution in [3.8, 4) is 11.5 Å². The molecule has 0 saturated heterocycles. The van der Waals surface area contributed by atoms with E-state index in [0.717, 1.165) is 36.5 Å². The van der Waals surface area contributed by atoms with Crippen molar-refractivity contribution in [1.82, 2.24) is 14.7 Å². The maximum absolute atomic E-state index is 12.0. The lowest BCUT2D eigenvalue weighted by molar-refractivity contribution is -0.134. The van der Waals surface area contributed by atoms with E-state index in [-0.39, 0.29) is 5.91 Å². The number of carbonyl (C=O) groups excluding carboxylic acids is 1. The molecule has 100 valence electrons. The second kappa shape index (κ2) is 4.91. The number of aromatic nitrogens is 2. The molecule has 3 rings (SSSR count). The molecule has 2 aromatic rings. The van der Waals surface area contributed by atoms with Crippen LogP contribution in [-0.4, -0.2) is 27.1 Å². The number of fused-ring (bicyclic) bond motifs is 1. The van der Waals surface area contributed by atoms with Crippen LogP contribution in [0.2, 0.25) is 0 Å². The first kappa shape index (κ1) is 12.0. The summed E-state index contributed by atoms with van der Waals surface area (Å²) in [7, 11) is 0. The van der Waals surface area contributed by atoms with Crippen molar-refractivity contribution in [2.24, 2.45) is 0 Å². The fourth-order valence-electron chi connectivity index (χ4n) is 2.33. The molecule has 5 nitrogen and oxygen atoms in total.